The van der Waals surface area contributed by atoms with Gasteiger partial charge in [0.2, 0.25) is 5.91 Å². The highest BCUT2D eigenvalue weighted by Gasteiger charge is 2.31. The SMILES string of the molecule is O=C(Nc1ccc(OC(F)F)cc1)C1CCCC1O. The number of hydrogen-bond acceptors (Lipinski definition) is 3. The molecule has 4 nitrogen and oxygen atoms in total. The van der Waals surface area contributed by atoms with Gasteiger partial charge in [-0.1, -0.05) is 0 Å². The molecule has 2 unspecified atom stereocenters. The molecule has 1 aromatic rings. The number of nitrogens with one attached hydrogen (secondary N) is 1. The average Bonchev–Trinajstić information content (AvgIpc) is 2.77. The van der Waals surface area contributed by atoms with Crippen LogP contribution in [0.4, 0.5) is 14.5 Å². The van der Waals surface area contributed by atoms with E-state index in [4.69, 9.17) is 0 Å². The third-order valence-corrected chi connectivity index (χ3v) is 3.16. The molecule has 2 atom stereocenters. The van der Waals surface area contributed by atoms with Crippen LogP contribution in [0, 0.1) is 5.92 Å². The van der Waals surface area contributed by atoms with E-state index < -0.39 is 18.6 Å². The summed E-state index contributed by atoms with van der Waals surface area (Å²) in [7, 11) is 0. The maximum absolute atomic E-state index is 12.0. The van der Waals surface area contributed by atoms with Crippen LogP contribution in [0.1, 0.15) is 19.3 Å². The van der Waals surface area contributed by atoms with Crippen molar-refractivity contribution in [3.63, 3.8) is 0 Å². The quantitative estimate of drug-likeness (QED) is 0.884. The molecule has 0 spiro atoms. The number of anilines is 1. The number of halogens is 2. The molecule has 1 aromatic carbocycles. The van der Waals surface area contributed by atoms with Gasteiger partial charge in [0.1, 0.15) is 5.75 Å². The molecule has 104 valence electrons. The number of carbonyl (C=O) groups is 1. The predicted molar refractivity (Wildman–Crippen MR) is 65.1 cm³/mol. The first kappa shape index (κ1) is 13.7. The fourth-order valence-corrected chi connectivity index (χ4v) is 2.20. The molecular formula is C13H15F2NO3. The van der Waals surface area contributed by atoms with E-state index in [1.165, 1.54) is 24.3 Å². The Morgan fingerprint density at radius 2 is 2.00 bits per heavy atom. The lowest BCUT2D eigenvalue weighted by Gasteiger charge is -2.14. The molecule has 6 heteroatoms. The van der Waals surface area contributed by atoms with Crippen LogP contribution < -0.4 is 10.1 Å². The van der Waals surface area contributed by atoms with Crippen LogP contribution in [-0.4, -0.2) is 23.7 Å². The van der Waals surface area contributed by atoms with Gasteiger partial charge in [-0.2, -0.15) is 8.78 Å². The second-order valence-corrected chi connectivity index (χ2v) is 4.50. The van der Waals surface area contributed by atoms with Crippen molar-refractivity contribution in [2.24, 2.45) is 5.92 Å². The van der Waals surface area contributed by atoms with Crippen molar-refractivity contribution in [3.8, 4) is 5.75 Å². The molecule has 2 rings (SSSR count). The lowest BCUT2D eigenvalue weighted by Crippen LogP contribution is -2.28. The lowest BCUT2D eigenvalue weighted by atomic mass is 10.1. The first-order chi connectivity index (χ1) is 9.06. The van der Waals surface area contributed by atoms with Crippen molar-refractivity contribution in [3.05, 3.63) is 24.3 Å². The molecule has 2 N–H and O–H groups in total. The fraction of sp³-hybridized carbons (Fsp3) is 0.462. The second-order valence-electron chi connectivity index (χ2n) is 4.50. The van der Waals surface area contributed by atoms with Gasteiger partial charge in [-0.3, -0.25) is 4.79 Å². The Kier molecular flexibility index (Phi) is 4.31. The summed E-state index contributed by atoms with van der Waals surface area (Å²) in [6.45, 7) is -2.87. The Bertz CT molecular complexity index is 436. The number of ether oxygens (including phenoxy) is 1. The number of carbonyl (C=O) groups excluding carboxylic acids is 1. The molecule has 1 saturated carbocycles. The Morgan fingerprint density at radius 3 is 2.53 bits per heavy atom. The molecule has 1 aliphatic rings. The number of aliphatic hydroxyl groups is 1. The number of amides is 1. The van der Waals surface area contributed by atoms with E-state index in [1.54, 1.807) is 0 Å². The van der Waals surface area contributed by atoms with Crippen LogP contribution in [0.3, 0.4) is 0 Å². The van der Waals surface area contributed by atoms with E-state index in [2.05, 4.69) is 10.1 Å². The molecule has 0 aromatic heterocycles. The summed E-state index contributed by atoms with van der Waals surface area (Å²) in [6, 6.07) is 5.67. The van der Waals surface area contributed by atoms with E-state index in [0.717, 1.165) is 6.42 Å². The van der Waals surface area contributed by atoms with Gasteiger partial charge < -0.3 is 15.2 Å². The zero-order valence-corrected chi connectivity index (χ0v) is 10.2. The molecule has 0 aliphatic heterocycles. The van der Waals surface area contributed by atoms with E-state index in [1.807, 2.05) is 0 Å². The molecule has 0 heterocycles. The van der Waals surface area contributed by atoms with Crippen molar-refractivity contribution in [2.75, 3.05) is 5.32 Å². The van der Waals surface area contributed by atoms with Crippen LogP contribution in [0.25, 0.3) is 0 Å². The average molecular weight is 271 g/mol. The molecule has 0 radical (unpaired) electrons. The van der Waals surface area contributed by atoms with Crippen molar-refractivity contribution < 1.29 is 23.4 Å². The van der Waals surface area contributed by atoms with Crippen molar-refractivity contribution in [1.29, 1.82) is 0 Å². The summed E-state index contributed by atoms with van der Waals surface area (Å²) in [5.74, 6) is -0.599. The van der Waals surface area contributed by atoms with Crippen LogP contribution >= 0.6 is 0 Å². The van der Waals surface area contributed by atoms with Gasteiger partial charge in [-0.15, -0.1) is 0 Å². The third kappa shape index (κ3) is 3.64. The maximum Gasteiger partial charge on any atom is 0.387 e. The fourth-order valence-electron chi connectivity index (χ4n) is 2.20. The van der Waals surface area contributed by atoms with Crippen LogP contribution in [0.15, 0.2) is 24.3 Å². The summed E-state index contributed by atoms with van der Waals surface area (Å²) in [6.07, 6.45) is 1.54. The lowest BCUT2D eigenvalue weighted by molar-refractivity contribution is -0.122. The summed E-state index contributed by atoms with van der Waals surface area (Å²) in [5, 5.41) is 12.3. The molecule has 0 saturated heterocycles. The monoisotopic (exact) mass is 271 g/mol. The first-order valence-corrected chi connectivity index (χ1v) is 6.10. The minimum Gasteiger partial charge on any atom is -0.435 e. The highest BCUT2D eigenvalue weighted by atomic mass is 19.3. The normalized spacial score (nSPS) is 22.5. The van der Waals surface area contributed by atoms with E-state index in [-0.39, 0.29) is 11.7 Å². The smallest absolute Gasteiger partial charge is 0.387 e. The summed E-state index contributed by atoms with van der Waals surface area (Å²) in [5.41, 5.74) is 0.491. The molecule has 1 fully saturated rings. The zero-order chi connectivity index (χ0) is 13.8. The van der Waals surface area contributed by atoms with Gasteiger partial charge >= 0.3 is 6.61 Å². The molecule has 0 bridgehead atoms. The largest absolute Gasteiger partial charge is 0.435 e. The van der Waals surface area contributed by atoms with Gasteiger partial charge in [0.15, 0.2) is 0 Å². The van der Waals surface area contributed by atoms with Crippen LogP contribution in [0.2, 0.25) is 0 Å². The van der Waals surface area contributed by atoms with Gasteiger partial charge in [-0.25, -0.2) is 0 Å². The van der Waals surface area contributed by atoms with E-state index in [9.17, 15) is 18.7 Å². The molecule has 19 heavy (non-hydrogen) atoms. The second kappa shape index (κ2) is 5.97. The minimum absolute atomic E-state index is 0.0360. The number of hydrogen-bond donors (Lipinski definition) is 2. The topological polar surface area (TPSA) is 58.6 Å². The Morgan fingerprint density at radius 1 is 1.32 bits per heavy atom. The van der Waals surface area contributed by atoms with Gasteiger partial charge in [0.05, 0.1) is 12.0 Å². The molecular weight excluding hydrogens is 256 g/mol. The first-order valence-electron chi connectivity index (χ1n) is 6.10. The third-order valence-electron chi connectivity index (χ3n) is 3.16. The Balaban J connectivity index is 1.93. The highest BCUT2D eigenvalue weighted by Crippen LogP contribution is 2.27. The zero-order valence-electron chi connectivity index (χ0n) is 10.2. The minimum atomic E-state index is -2.87. The number of aliphatic hydroxyl groups excluding tert-OH is 1. The predicted octanol–water partition coefficient (Wildman–Crippen LogP) is 2.39. The maximum atomic E-state index is 12.0. The number of benzene rings is 1. The van der Waals surface area contributed by atoms with Crippen LogP contribution in [0.5, 0.6) is 5.75 Å². The standard InChI is InChI=1S/C13H15F2NO3/c14-13(15)19-9-6-4-8(5-7-9)16-12(18)10-2-1-3-11(10)17/h4-7,10-11,13,17H,1-3H2,(H,16,18). The van der Waals surface area contributed by atoms with Gasteiger partial charge in [-0.05, 0) is 43.5 Å². The molecule has 1 amide bonds. The summed E-state index contributed by atoms with van der Waals surface area (Å²) < 4.78 is 28.1. The van der Waals surface area contributed by atoms with Crippen molar-refractivity contribution in [1.82, 2.24) is 0 Å². The van der Waals surface area contributed by atoms with E-state index >= 15 is 0 Å². The summed E-state index contributed by atoms with van der Waals surface area (Å²) in [4.78, 5) is 11.9. The van der Waals surface area contributed by atoms with E-state index in [0.29, 0.717) is 18.5 Å². The van der Waals surface area contributed by atoms with Crippen LogP contribution in [-0.2, 0) is 4.79 Å². The van der Waals surface area contributed by atoms with Crippen molar-refractivity contribution in [2.45, 2.75) is 32.0 Å². The number of alkyl halides is 2. The van der Waals surface area contributed by atoms with Crippen molar-refractivity contribution >= 4 is 11.6 Å². The Hall–Kier alpha value is -1.69. The Labute approximate surface area is 109 Å². The van der Waals surface area contributed by atoms with Gasteiger partial charge in [0, 0.05) is 5.69 Å². The summed E-state index contributed by atoms with van der Waals surface area (Å²) >= 11 is 0. The highest BCUT2D eigenvalue weighted by molar-refractivity contribution is 5.93. The number of rotatable bonds is 4. The van der Waals surface area contributed by atoms with Gasteiger partial charge in [0.25, 0.3) is 0 Å². The molecule has 1 aliphatic carbocycles.